The summed E-state index contributed by atoms with van der Waals surface area (Å²) in [4.78, 5) is 12.2. The highest BCUT2D eigenvalue weighted by atomic mass is 35.5. The van der Waals surface area contributed by atoms with Gasteiger partial charge in [-0.25, -0.2) is 0 Å². The fraction of sp³-hybridized carbons (Fsp3) is 0.611. The van der Waals surface area contributed by atoms with Gasteiger partial charge in [-0.2, -0.15) is 0 Å². The summed E-state index contributed by atoms with van der Waals surface area (Å²) in [6.07, 6.45) is 2.22. The lowest BCUT2D eigenvalue weighted by molar-refractivity contribution is 0.0951. The van der Waals surface area contributed by atoms with Crippen molar-refractivity contribution in [3.8, 4) is 11.5 Å². The molecule has 5 nitrogen and oxygen atoms in total. The van der Waals surface area contributed by atoms with Gasteiger partial charge >= 0.3 is 0 Å². The van der Waals surface area contributed by atoms with Crippen molar-refractivity contribution in [3.63, 3.8) is 0 Å². The van der Waals surface area contributed by atoms with E-state index in [1.807, 2.05) is 0 Å². The van der Waals surface area contributed by atoms with E-state index in [2.05, 4.69) is 24.5 Å². The SMILES string of the molecule is COc1cc(C(=O)NCCC2CCNC2)ccc1OCC(C)C.Cl. The molecule has 0 spiro atoms. The standard InChI is InChI=1S/C18H28N2O3.ClH/c1-13(2)12-23-16-5-4-15(10-17(16)22-3)18(21)20-9-7-14-6-8-19-11-14;/h4-5,10,13-14,19H,6-9,11-12H2,1-3H3,(H,20,21);1H. The van der Waals surface area contributed by atoms with Crippen LogP contribution in [-0.2, 0) is 0 Å². The average Bonchev–Trinajstić information content (AvgIpc) is 3.05. The molecule has 2 N–H and O–H groups in total. The Morgan fingerprint density at radius 2 is 2.17 bits per heavy atom. The van der Waals surface area contributed by atoms with Gasteiger partial charge in [-0.1, -0.05) is 13.8 Å². The van der Waals surface area contributed by atoms with Gasteiger partial charge in [0.1, 0.15) is 0 Å². The molecule has 1 atom stereocenters. The molecule has 0 radical (unpaired) electrons. The van der Waals surface area contributed by atoms with Crippen LogP contribution in [0.2, 0.25) is 0 Å². The number of hydrogen-bond acceptors (Lipinski definition) is 4. The maximum Gasteiger partial charge on any atom is 0.251 e. The number of rotatable bonds is 8. The highest BCUT2D eigenvalue weighted by molar-refractivity contribution is 5.94. The largest absolute Gasteiger partial charge is 0.493 e. The lowest BCUT2D eigenvalue weighted by atomic mass is 10.1. The molecule has 1 aromatic carbocycles. The molecule has 1 heterocycles. The first-order valence-electron chi connectivity index (χ1n) is 8.40. The van der Waals surface area contributed by atoms with Crippen molar-refractivity contribution in [2.75, 3.05) is 33.4 Å². The molecule has 24 heavy (non-hydrogen) atoms. The number of hydrogen-bond donors (Lipinski definition) is 2. The van der Waals surface area contributed by atoms with Gasteiger partial charge in [-0.15, -0.1) is 12.4 Å². The molecule has 1 unspecified atom stereocenters. The fourth-order valence-electron chi connectivity index (χ4n) is 2.64. The van der Waals surface area contributed by atoms with Crippen LogP contribution in [0.1, 0.15) is 37.0 Å². The molecule has 0 bridgehead atoms. The van der Waals surface area contributed by atoms with Crippen LogP contribution in [0.3, 0.4) is 0 Å². The Hall–Kier alpha value is -1.46. The lowest BCUT2D eigenvalue weighted by Gasteiger charge is -2.14. The number of carbonyl (C=O) groups is 1. The van der Waals surface area contributed by atoms with Crippen molar-refractivity contribution in [1.29, 1.82) is 0 Å². The number of methoxy groups -OCH3 is 1. The van der Waals surface area contributed by atoms with Gasteiger partial charge in [0.05, 0.1) is 13.7 Å². The van der Waals surface area contributed by atoms with Crippen LogP contribution in [0, 0.1) is 11.8 Å². The Labute approximate surface area is 150 Å². The third-order valence-electron chi connectivity index (χ3n) is 4.00. The second kappa shape index (κ2) is 10.4. The van der Waals surface area contributed by atoms with Crippen LogP contribution in [-0.4, -0.2) is 39.3 Å². The van der Waals surface area contributed by atoms with Gasteiger partial charge in [0.25, 0.3) is 5.91 Å². The number of benzene rings is 1. The second-order valence-corrected chi connectivity index (χ2v) is 6.47. The van der Waals surface area contributed by atoms with E-state index < -0.39 is 0 Å². The average molecular weight is 357 g/mol. The van der Waals surface area contributed by atoms with Crippen LogP contribution >= 0.6 is 12.4 Å². The van der Waals surface area contributed by atoms with Crippen molar-refractivity contribution >= 4 is 18.3 Å². The normalized spacial score (nSPS) is 16.6. The predicted molar refractivity (Wildman–Crippen MR) is 98.5 cm³/mol. The first-order valence-corrected chi connectivity index (χ1v) is 8.40. The van der Waals surface area contributed by atoms with Crippen LogP contribution in [0.15, 0.2) is 18.2 Å². The van der Waals surface area contributed by atoms with Gasteiger partial charge in [-0.3, -0.25) is 4.79 Å². The van der Waals surface area contributed by atoms with Crippen LogP contribution in [0.4, 0.5) is 0 Å². The Bertz CT molecular complexity index is 517. The third kappa shape index (κ3) is 6.21. The Kier molecular flexibility index (Phi) is 8.93. The predicted octanol–water partition coefficient (Wildman–Crippen LogP) is 2.88. The Morgan fingerprint density at radius 1 is 1.38 bits per heavy atom. The summed E-state index contributed by atoms with van der Waals surface area (Å²) in [6, 6.07) is 5.32. The second-order valence-electron chi connectivity index (χ2n) is 6.47. The Balaban J connectivity index is 0.00000288. The van der Waals surface area contributed by atoms with E-state index in [-0.39, 0.29) is 18.3 Å². The van der Waals surface area contributed by atoms with Crippen molar-refractivity contribution in [2.24, 2.45) is 11.8 Å². The van der Waals surface area contributed by atoms with Crippen molar-refractivity contribution < 1.29 is 14.3 Å². The van der Waals surface area contributed by atoms with Crippen molar-refractivity contribution in [2.45, 2.75) is 26.7 Å². The molecular formula is C18H29ClN2O3. The summed E-state index contributed by atoms with van der Waals surface area (Å²) in [7, 11) is 1.59. The quantitative estimate of drug-likeness (QED) is 0.752. The number of amides is 1. The molecular weight excluding hydrogens is 328 g/mol. The lowest BCUT2D eigenvalue weighted by Crippen LogP contribution is -2.26. The van der Waals surface area contributed by atoms with E-state index >= 15 is 0 Å². The van der Waals surface area contributed by atoms with E-state index in [0.29, 0.717) is 42.0 Å². The third-order valence-corrected chi connectivity index (χ3v) is 4.00. The molecule has 1 saturated heterocycles. The smallest absolute Gasteiger partial charge is 0.251 e. The minimum atomic E-state index is -0.0651. The highest BCUT2D eigenvalue weighted by Crippen LogP contribution is 2.28. The molecule has 136 valence electrons. The zero-order chi connectivity index (χ0) is 16.7. The maximum atomic E-state index is 12.2. The van der Waals surface area contributed by atoms with E-state index in [4.69, 9.17) is 9.47 Å². The zero-order valence-corrected chi connectivity index (χ0v) is 15.6. The van der Waals surface area contributed by atoms with Crippen LogP contribution in [0.25, 0.3) is 0 Å². The monoisotopic (exact) mass is 356 g/mol. The molecule has 1 aromatic rings. The first kappa shape index (κ1) is 20.6. The molecule has 2 rings (SSSR count). The summed E-state index contributed by atoms with van der Waals surface area (Å²) in [6.45, 7) is 7.66. The number of halogens is 1. The number of ether oxygens (including phenoxy) is 2. The summed E-state index contributed by atoms with van der Waals surface area (Å²) in [5.74, 6) is 2.32. The zero-order valence-electron chi connectivity index (χ0n) is 14.8. The van der Waals surface area contributed by atoms with Gasteiger partial charge in [-0.05, 0) is 56.0 Å². The van der Waals surface area contributed by atoms with Crippen LogP contribution in [0.5, 0.6) is 11.5 Å². The maximum absolute atomic E-state index is 12.2. The minimum absolute atomic E-state index is 0. The van der Waals surface area contributed by atoms with Crippen molar-refractivity contribution in [1.82, 2.24) is 10.6 Å². The van der Waals surface area contributed by atoms with Gasteiger partial charge < -0.3 is 20.1 Å². The molecule has 1 aliphatic rings. The summed E-state index contributed by atoms with van der Waals surface area (Å²) in [5.41, 5.74) is 0.600. The van der Waals surface area contributed by atoms with E-state index in [1.165, 1.54) is 6.42 Å². The van der Waals surface area contributed by atoms with Gasteiger partial charge in [0.2, 0.25) is 0 Å². The summed E-state index contributed by atoms with van der Waals surface area (Å²) < 4.78 is 11.1. The summed E-state index contributed by atoms with van der Waals surface area (Å²) >= 11 is 0. The van der Waals surface area contributed by atoms with E-state index in [9.17, 15) is 4.79 Å². The first-order chi connectivity index (χ1) is 11.1. The van der Waals surface area contributed by atoms with Crippen LogP contribution < -0.4 is 20.1 Å². The molecule has 1 fully saturated rings. The molecule has 1 amide bonds. The molecule has 1 aliphatic heterocycles. The van der Waals surface area contributed by atoms with E-state index in [0.717, 1.165) is 19.5 Å². The van der Waals surface area contributed by atoms with Gasteiger partial charge in [0.15, 0.2) is 11.5 Å². The highest BCUT2D eigenvalue weighted by Gasteiger charge is 2.15. The molecule has 0 aromatic heterocycles. The Morgan fingerprint density at radius 3 is 2.79 bits per heavy atom. The number of nitrogens with one attached hydrogen (secondary N) is 2. The van der Waals surface area contributed by atoms with Crippen molar-refractivity contribution in [3.05, 3.63) is 23.8 Å². The summed E-state index contributed by atoms with van der Waals surface area (Å²) in [5, 5.41) is 6.32. The number of carbonyl (C=O) groups excluding carboxylic acids is 1. The minimum Gasteiger partial charge on any atom is -0.493 e. The van der Waals surface area contributed by atoms with Gasteiger partial charge in [0, 0.05) is 12.1 Å². The molecule has 0 saturated carbocycles. The molecule has 0 aliphatic carbocycles. The topological polar surface area (TPSA) is 59.6 Å². The van der Waals surface area contributed by atoms with E-state index in [1.54, 1.807) is 25.3 Å². The fourth-order valence-corrected chi connectivity index (χ4v) is 2.64. The molecule has 6 heteroatoms.